The largest absolute Gasteiger partial charge is 0.441 e. The number of rotatable bonds is 4. The molecule has 122 valence electrons. The minimum Gasteiger partial charge on any atom is -0.441 e. The SMILES string of the molecule is O=C(CCc1ncc(-c2ccc(F)cc2F)o1)N1CCNCC1. The van der Waals surface area contributed by atoms with E-state index in [0.29, 0.717) is 31.8 Å². The van der Waals surface area contributed by atoms with Crippen LogP contribution < -0.4 is 5.32 Å². The van der Waals surface area contributed by atoms with E-state index in [1.54, 1.807) is 4.90 Å². The molecule has 7 heteroatoms. The summed E-state index contributed by atoms with van der Waals surface area (Å²) in [4.78, 5) is 17.9. The van der Waals surface area contributed by atoms with Crippen LogP contribution in [0, 0.1) is 11.6 Å². The summed E-state index contributed by atoms with van der Waals surface area (Å²) in [6.45, 7) is 3.02. The molecule has 3 rings (SSSR count). The molecule has 0 bridgehead atoms. The number of hydrogen-bond donors (Lipinski definition) is 1. The van der Waals surface area contributed by atoms with E-state index in [-0.39, 0.29) is 17.2 Å². The van der Waals surface area contributed by atoms with E-state index in [1.165, 1.54) is 12.3 Å². The fraction of sp³-hybridized carbons (Fsp3) is 0.375. The van der Waals surface area contributed by atoms with Gasteiger partial charge in [-0.3, -0.25) is 4.79 Å². The van der Waals surface area contributed by atoms with Crippen molar-refractivity contribution in [1.82, 2.24) is 15.2 Å². The van der Waals surface area contributed by atoms with Gasteiger partial charge in [-0.1, -0.05) is 0 Å². The van der Waals surface area contributed by atoms with Gasteiger partial charge in [-0.15, -0.1) is 0 Å². The van der Waals surface area contributed by atoms with Crippen LogP contribution in [0.15, 0.2) is 28.8 Å². The minimum absolute atomic E-state index is 0.0548. The number of hydrogen-bond acceptors (Lipinski definition) is 4. The van der Waals surface area contributed by atoms with E-state index in [2.05, 4.69) is 10.3 Å². The first kappa shape index (κ1) is 15.6. The molecule has 1 fully saturated rings. The van der Waals surface area contributed by atoms with Gasteiger partial charge in [0.2, 0.25) is 5.91 Å². The molecule has 1 aliphatic rings. The summed E-state index contributed by atoms with van der Waals surface area (Å²) in [5, 5.41) is 3.19. The molecule has 2 heterocycles. The molecular formula is C16H17F2N3O2. The summed E-state index contributed by atoms with van der Waals surface area (Å²) in [6.07, 6.45) is 2.04. The van der Waals surface area contributed by atoms with Crippen LogP contribution in [0.2, 0.25) is 0 Å². The van der Waals surface area contributed by atoms with Crippen molar-refractivity contribution in [3.05, 3.63) is 41.9 Å². The highest BCUT2D eigenvalue weighted by Gasteiger charge is 2.17. The zero-order chi connectivity index (χ0) is 16.2. The molecule has 0 unspecified atom stereocenters. The van der Waals surface area contributed by atoms with Crippen molar-refractivity contribution in [3.63, 3.8) is 0 Å². The molecule has 1 aliphatic heterocycles. The molecule has 0 atom stereocenters. The third kappa shape index (κ3) is 3.73. The summed E-state index contributed by atoms with van der Waals surface area (Å²) in [7, 11) is 0. The van der Waals surface area contributed by atoms with Gasteiger partial charge in [0.15, 0.2) is 11.7 Å². The Morgan fingerprint density at radius 2 is 2.09 bits per heavy atom. The van der Waals surface area contributed by atoms with Gasteiger partial charge in [0.25, 0.3) is 0 Å². The van der Waals surface area contributed by atoms with Crippen LogP contribution in [0.1, 0.15) is 12.3 Å². The number of aromatic nitrogens is 1. The van der Waals surface area contributed by atoms with Crippen molar-refractivity contribution in [2.45, 2.75) is 12.8 Å². The van der Waals surface area contributed by atoms with Crippen LogP contribution in [0.3, 0.4) is 0 Å². The molecule has 0 aliphatic carbocycles. The molecule has 5 nitrogen and oxygen atoms in total. The maximum Gasteiger partial charge on any atom is 0.223 e. The van der Waals surface area contributed by atoms with Gasteiger partial charge in [0.05, 0.1) is 11.8 Å². The number of aryl methyl sites for hydroxylation is 1. The van der Waals surface area contributed by atoms with Crippen molar-refractivity contribution in [2.24, 2.45) is 0 Å². The highest BCUT2D eigenvalue weighted by molar-refractivity contribution is 5.76. The summed E-state index contributed by atoms with van der Waals surface area (Å²) >= 11 is 0. The Bertz CT molecular complexity index is 696. The molecule has 1 N–H and O–H groups in total. The normalized spacial score (nSPS) is 15.0. The summed E-state index contributed by atoms with van der Waals surface area (Å²) < 4.78 is 32.1. The van der Waals surface area contributed by atoms with Crippen LogP contribution in [-0.4, -0.2) is 42.0 Å². The van der Waals surface area contributed by atoms with Crippen LogP contribution >= 0.6 is 0 Å². The Morgan fingerprint density at radius 3 is 2.83 bits per heavy atom. The molecule has 0 radical (unpaired) electrons. The maximum atomic E-state index is 13.7. The summed E-state index contributed by atoms with van der Waals surface area (Å²) in [5.41, 5.74) is 0.151. The smallest absolute Gasteiger partial charge is 0.223 e. The van der Waals surface area contributed by atoms with E-state index in [9.17, 15) is 13.6 Å². The monoisotopic (exact) mass is 321 g/mol. The first-order valence-electron chi connectivity index (χ1n) is 7.52. The molecule has 0 spiro atoms. The standard InChI is InChI=1S/C16H17F2N3O2/c17-11-1-2-12(13(18)9-11)14-10-20-15(23-14)3-4-16(22)21-7-5-19-6-8-21/h1-2,9-10,19H,3-8H2. The first-order chi connectivity index (χ1) is 11.1. The lowest BCUT2D eigenvalue weighted by atomic mass is 10.2. The molecule has 0 saturated carbocycles. The van der Waals surface area contributed by atoms with Crippen molar-refractivity contribution in [1.29, 1.82) is 0 Å². The lowest BCUT2D eigenvalue weighted by molar-refractivity contribution is -0.131. The number of halogens is 2. The summed E-state index contributed by atoms with van der Waals surface area (Å²) in [5.74, 6) is -0.698. The highest BCUT2D eigenvalue weighted by Crippen LogP contribution is 2.24. The van der Waals surface area contributed by atoms with E-state index >= 15 is 0 Å². The van der Waals surface area contributed by atoms with Gasteiger partial charge < -0.3 is 14.6 Å². The van der Waals surface area contributed by atoms with Crippen molar-refractivity contribution in [3.8, 4) is 11.3 Å². The minimum atomic E-state index is -0.704. The first-order valence-corrected chi connectivity index (χ1v) is 7.52. The van der Waals surface area contributed by atoms with Gasteiger partial charge in [-0.25, -0.2) is 13.8 Å². The van der Waals surface area contributed by atoms with Gasteiger partial charge in [-0.05, 0) is 12.1 Å². The molecule has 23 heavy (non-hydrogen) atoms. The van der Waals surface area contributed by atoms with E-state index in [0.717, 1.165) is 25.2 Å². The van der Waals surface area contributed by atoms with Gasteiger partial charge >= 0.3 is 0 Å². The second-order valence-electron chi connectivity index (χ2n) is 5.37. The molecule has 1 aromatic carbocycles. The quantitative estimate of drug-likeness (QED) is 0.935. The molecule has 2 aromatic rings. The van der Waals surface area contributed by atoms with Crippen LogP contribution in [0.4, 0.5) is 8.78 Å². The van der Waals surface area contributed by atoms with Gasteiger partial charge in [-0.2, -0.15) is 0 Å². The third-order valence-corrected chi connectivity index (χ3v) is 3.77. The van der Waals surface area contributed by atoms with Crippen molar-refractivity contribution < 1.29 is 18.0 Å². The fourth-order valence-corrected chi connectivity index (χ4v) is 2.53. The predicted octanol–water partition coefficient (Wildman–Crippen LogP) is 1.98. The van der Waals surface area contributed by atoms with Gasteiger partial charge in [0.1, 0.15) is 11.6 Å². The fourth-order valence-electron chi connectivity index (χ4n) is 2.53. The topological polar surface area (TPSA) is 58.4 Å². The number of benzene rings is 1. The van der Waals surface area contributed by atoms with E-state index in [1.807, 2.05) is 0 Å². The van der Waals surface area contributed by atoms with Crippen LogP contribution in [0.5, 0.6) is 0 Å². The Hall–Kier alpha value is -2.28. The van der Waals surface area contributed by atoms with E-state index in [4.69, 9.17) is 4.42 Å². The maximum absolute atomic E-state index is 13.7. The predicted molar refractivity (Wildman–Crippen MR) is 79.6 cm³/mol. The van der Waals surface area contributed by atoms with Crippen molar-refractivity contribution in [2.75, 3.05) is 26.2 Å². The number of nitrogens with zero attached hydrogens (tertiary/aromatic N) is 2. The molecule has 1 aromatic heterocycles. The second kappa shape index (κ2) is 6.87. The summed E-state index contributed by atoms with van der Waals surface area (Å²) in [6, 6.07) is 3.26. The van der Waals surface area contributed by atoms with E-state index < -0.39 is 11.6 Å². The Labute approximate surface area is 132 Å². The lowest BCUT2D eigenvalue weighted by Gasteiger charge is -2.27. The Kier molecular flexibility index (Phi) is 4.66. The number of carbonyl (C=O) groups excluding carboxylic acids is 1. The van der Waals surface area contributed by atoms with Crippen molar-refractivity contribution >= 4 is 5.91 Å². The van der Waals surface area contributed by atoms with Crippen LogP contribution in [0.25, 0.3) is 11.3 Å². The lowest BCUT2D eigenvalue weighted by Crippen LogP contribution is -2.46. The third-order valence-electron chi connectivity index (χ3n) is 3.77. The highest BCUT2D eigenvalue weighted by atomic mass is 19.1. The number of piperazine rings is 1. The number of oxazole rings is 1. The molecule has 1 saturated heterocycles. The Balaban J connectivity index is 1.62. The number of nitrogens with one attached hydrogen (secondary N) is 1. The van der Waals surface area contributed by atoms with Gasteiger partial charge in [0, 0.05) is 45.1 Å². The van der Waals surface area contributed by atoms with Crippen LogP contribution in [-0.2, 0) is 11.2 Å². The zero-order valence-electron chi connectivity index (χ0n) is 12.5. The molecular weight excluding hydrogens is 304 g/mol. The second-order valence-corrected chi connectivity index (χ2v) is 5.37. The number of carbonyl (C=O) groups is 1. The number of amides is 1. The Morgan fingerprint density at radius 1 is 1.30 bits per heavy atom. The molecule has 1 amide bonds. The average Bonchev–Trinajstić information content (AvgIpc) is 3.02. The zero-order valence-corrected chi connectivity index (χ0v) is 12.5. The average molecular weight is 321 g/mol.